The SMILES string of the molecule is C#CCSc1cccc(C(=O)Nc2cccc(-c3nccn3C)c2)c1. The summed E-state index contributed by atoms with van der Waals surface area (Å²) in [5.74, 6) is 3.86. The number of benzene rings is 2. The molecule has 0 radical (unpaired) electrons. The summed E-state index contributed by atoms with van der Waals surface area (Å²) in [4.78, 5) is 17.8. The molecule has 0 aliphatic carbocycles. The summed E-state index contributed by atoms with van der Waals surface area (Å²) in [7, 11) is 1.94. The van der Waals surface area contributed by atoms with Crippen molar-refractivity contribution in [2.45, 2.75) is 4.90 Å². The van der Waals surface area contributed by atoms with Gasteiger partial charge < -0.3 is 9.88 Å². The number of aryl methyl sites for hydroxylation is 1. The Balaban J connectivity index is 1.78. The van der Waals surface area contributed by atoms with Gasteiger partial charge in [0.2, 0.25) is 0 Å². The van der Waals surface area contributed by atoms with Crippen LogP contribution in [-0.2, 0) is 7.05 Å². The maximum atomic E-state index is 12.5. The summed E-state index contributed by atoms with van der Waals surface area (Å²) < 4.78 is 1.94. The predicted octanol–water partition coefficient (Wildman–Crippen LogP) is 4.06. The van der Waals surface area contributed by atoms with Crippen LogP contribution in [0, 0.1) is 12.3 Å². The molecule has 3 rings (SSSR count). The van der Waals surface area contributed by atoms with Crippen LogP contribution >= 0.6 is 11.8 Å². The summed E-state index contributed by atoms with van der Waals surface area (Å²) >= 11 is 1.53. The van der Waals surface area contributed by atoms with E-state index in [9.17, 15) is 4.79 Å². The van der Waals surface area contributed by atoms with Crippen molar-refractivity contribution in [1.29, 1.82) is 0 Å². The molecule has 25 heavy (non-hydrogen) atoms. The number of aromatic nitrogens is 2. The van der Waals surface area contributed by atoms with Crippen LogP contribution in [0.5, 0.6) is 0 Å². The lowest BCUT2D eigenvalue weighted by atomic mass is 10.1. The first-order valence-corrected chi connectivity index (χ1v) is 8.71. The molecule has 1 N–H and O–H groups in total. The molecular weight excluding hydrogens is 330 g/mol. The maximum Gasteiger partial charge on any atom is 0.255 e. The lowest BCUT2D eigenvalue weighted by Crippen LogP contribution is -2.12. The molecule has 1 aromatic heterocycles. The van der Waals surface area contributed by atoms with E-state index in [2.05, 4.69) is 16.2 Å². The summed E-state index contributed by atoms with van der Waals surface area (Å²) in [6, 6.07) is 15.1. The topological polar surface area (TPSA) is 46.9 Å². The Morgan fingerprint density at radius 2 is 2.12 bits per heavy atom. The van der Waals surface area contributed by atoms with E-state index in [4.69, 9.17) is 6.42 Å². The quantitative estimate of drug-likeness (QED) is 0.559. The van der Waals surface area contributed by atoms with Gasteiger partial charge in [-0.3, -0.25) is 4.79 Å². The molecule has 4 nitrogen and oxygen atoms in total. The average Bonchev–Trinajstić information content (AvgIpc) is 3.06. The van der Waals surface area contributed by atoms with Gasteiger partial charge in [-0.2, -0.15) is 0 Å². The Kier molecular flexibility index (Phi) is 5.22. The van der Waals surface area contributed by atoms with Gasteiger partial charge in [0.15, 0.2) is 0 Å². The number of carbonyl (C=O) groups excluding carboxylic acids is 1. The highest BCUT2D eigenvalue weighted by Crippen LogP contribution is 2.22. The molecule has 0 fully saturated rings. The summed E-state index contributed by atoms with van der Waals surface area (Å²) in [5.41, 5.74) is 2.28. The van der Waals surface area contributed by atoms with Crippen LogP contribution < -0.4 is 5.32 Å². The van der Waals surface area contributed by atoms with Gasteiger partial charge in [0.1, 0.15) is 5.82 Å². The molecule has 1 amide bonds. The highest BCUT2D eigenvalue weighted by atomic mass is 32.2. The fraction of sp³-hybridized carbons (Fsp3) is 0.100. The van der Waals surface area contributed by atoms with Gasteiger partial charge in [-0.05, 0) is 30.3 Å². The van der Waals surface area contributed by atoms with Crippen molar-refractivity contribution in [1.82, 2.24) is 9.55 Å². The number of nitrogens with one attached hydrogen (secondary N) is 1. The van der Waals surface area contributed by atoms with Crippen molar-refractivity contribution >= 4 is 23.4 Å². The van der Waals surface area contributed by atoms with Crippen molar-refractivity contribution in [3.05, 3.63) is 66.5 Å². The number of hydrogen-bond acceptors (Lipinski definition) is 3. The number of hydrogen-bond donors (Lipinski definition) is 1. The predicted molar refractivity (Wildman–Crippen MR) is 103 cm³/mol. The monoisotopic (exact) mass is 347 g/mol. The molecule has 5 heteroatoms. The second kappa shape index (κ2) is 7.73. The first kappa shape index (κ1) is 16.9. The maximum absolute atomic E-state index is 12.5. The molecule has 0 atom stereocenters. The van der Waals surface area contributed by atoms with Gasteiger partial charge in [-0.15, -0.1) is 18.2 Å². The van der Waals surface area contributed by atoms with E-state index in [1.165, 1.54) is 11.8 Å². The van der Waals surface area contributed by atoms with Gasteiger partial charge in [-0.1, -0.05) is 24.1 Å². The van der Waals surface area contributed by atoms with E-state index in [0.29, 0.717) is 11.3 Å². The summed E-state index contributed by atoms with van der Waals surface area (Å²) in [6.45, 7) is 0. The van der Waals surface area contributed by atoms with Crippen LogP contribution in [-0.4, -0.2) is 21.2 Å². The van der Waals surface area contributed by atoms with Crippen LogP contribution in [0.3, 0.4) is 0 Å². The molecule has 0 aliphatic rings. The zero-order chi connectivity index (χ0) is 17.6. The van der Waals surface area contributed by atoms with Gasteiger partial charge in [0, 0.05) is 41.2 Å². The molecular formula is C20H17N3OS. The number of amides is 1. The van der Waals surface area contributed by atoms with Crippen LogP contribution in [0.15, 0.2) is 65.8 Å². The van der Waals surface area contributed by atoms with Crippen molar-refractivity contribution < 1.29 is 4.79 Å². The number of carbonyl (C=O) groups is 1. The van der Waals surface area contributed by atoms with Crippen molar-refractivity contribution in [2.75, 3.05) is 11.1 Å². The fourth-order valence-electron chi connectivity index (χ4n) is 2.44. The van der Waals surface area contributed by atoms with Gasteiger partial charge in [0.25, 0.3) is 5.91 Å². The van der Waals surface area contributed by atoms with E-state index in [1.54, 1.807) is 12.3 Å². The Hall–Kier alpha value is -2.97. The van der Waals surface area contributed by atoms with Gasteiger partial charge >= 0.3 is 0 Å². The zero-order valence-electron chi connectivity index (χ0n) is 13.8. The number of terminal acetylenes is 1. The number of rotatable bonds is 5. The second-order valence-electron chi connectivity index (χ2n) is 5.42. The van der Waals surface area contributed by atoms with E-state index in [1.807, 2.05) is 60.3 Å². The Morgan fingerprint density at radius 3 is 2.88 bits per heavy atom. The van der Waals surface area contributed by atoms with E-state index in [0.717, 1.165) is 22.0 Å². The third kappa shape index (κ3) is 4.11. The molecule has 0 saturated heterocycles. The van der Waals surface area contributed by atoms with Gasteiger partial charge in [0.05, 0.1) is 5.75 Å². The lowest BCUT2D eigenvalue weighted by Gasteiger charge is -2.08. The molecule has 0 bridgehead atoms. The number of anilines is 1. The zero-order valence-corrected chi connectivity index (χ0v) is 14.6. The molecule has 0 spiro atoms. The third-order valence-corrected chi connectivity index (χ3v) is 4.52. The van der Waals surface area contributed by atoms with E-state index < -0.39 is 0 Å². The highest BCUT2D eigenvalue weighted by Gasteiger charge is 2.09. The van der Waals surface area contributed by atoms with E-state index >= 15 is 0 Å². The largest absolute Gasteiger partial charge is 0.334 e. The highest BCUT2D eigenvalue weighted by molar-refractivity contribution is 7.99. The second-order valence-corrected chi connectivity index (χ2v) is 6.47. The Morgan fingerprint density at radius 1 is 1.28 bits per heavy atom. The molecule has 3 aromatic rings. The third-order valence-electron chi connectivity index (χ3n) is 3.62. The molecule has 1 heterocycles. The minimum atomic E-state index is -0.153. The van der Waals surface area contributed by atoms with Crippen molar-refractivity contribution in [2.24, 2.45) is 7.05 Å². The lowest BCUT2D eigenvalue weighted by molar-refractivity contribution is 0.102. The molecule has 2 aromatic carbocycles. The first-order chi connectivity index (χ1) is 12.2. The smallest absolute Gasteiger partial charge is 0.255 e. The van der Waals surface area contributed by atoms with Crippen LogP contribution in [0.1, 0.15) is 10.4 Å². The van der Waals surface area contributed by atoms with Crippen LogP contribution in [0.25, 0.3) is 11.4 Å². The van der Waals surface area contributed by atoms with Gasteiger partial charge in [-0.25, -0.2) is 4.98 Å². The fourth-order valence-corrected chi connectivity index (χ4v) is 3.07. The number of imidazole rings is 1. The normalized spacial score (nSPS) is 10.2. The van der Waals surface area contributed by atoms with Crippen molar-refractivity contribution in [3.63, 3.8) is 0 Å². The van der Waals surface area contributed by atoms with Crippen molar-refractivity contribution in [3.8, 4) is 23.7 Å². The summed E-state index contributed by atoms with van der Waals surface area (Å²) in [5, 5.41) is 2.94. The first-order valence-electron chi connectivity index (χ1n) is 7.73. The molecule has 124 valence electrons. The summed E-state index contributed by atoms with van der Waals surface area (Å²) in [6.07, 6.45) is 8.92. The molecule has 0 aliphatic heterocycles. The standard InChI is InChI=1S/C20H17N3OS/c1-3-12-25-18-9-5-7-16(14-18)20(24)22-17-8-4-6-15(13-17)19-21-10-11-23(19)2/h1,4-11,13-14H,12H2,2H3,(H,22,24). The number of thioether (sulfide) groups is 1. The van der Waals surface area contributed by atoms with Crippen LogP contribution in [0.2, 0.25) is 0 Å². The Bertz CT molecular complexity index is 940. The minimum absolute atomic E-state index is 0.153. The van der Waals surface area contributed by atoms with E-state index in [-0.39, 0.29) is 5.91 Å². The minimum Gasteiger partial charge on any atom is -0.334 e. The molecule has 0 saturated carbocycles. The average molecular weight is 347 g/mol. The molecule has 0 unspecified atom stereocenters. The Labute approximate surface area is 151 Å². The number of nitrogens with zero attached hydrogens (tertiary/aromatic N) is 2. The van der Waals surface area contributed by atoms with Crippen LogP contribution in [0.4, 0.5) is 5.69 Å².